The van der Waals surface area contributed by atoms with Crippen LogP contribution in [-0.2, 0) is 15.8 Å². The molecule has 0 bridgehead atoms. The maximum absolute atomic E-state index is 13.8. The first-order chi connectivity index (χ1) is 18.0. The predicted octanol–water partition coefficient (Wildman–Crippen LogP) is 2.92. The number of nitrogens with two attached hydrogens (primary N) is 1. The summed E-state index contributed by atoms with van der Waals surface area (Å²) < 4.78 is 62.1. The molecule has 0 unspecified atom stereocenters. The highest BCUT2D eigenvalue weighted by molar-refractivity contribution is 7.88. The van der Waals surface area contributed by atoms with Crippen LogP contribution in [0.15, 0.2) is 53.5 Å². The van der Waals surface area contributed by atoms with Gasteiger partial charge >= 0.3 is 5.56 Å². The molecule has 0 amide bonds. The highest BCUT2D eigenvalue weighted by Gasteiger charge is 2.39. The minimum atomic E-state index is -3.58. The van der Waals surface area contributed by atoms with Gasteiger partial charge < -0.3 is 15.4 Å². The van der Waals surface area contributed by atoms with Gasteiger partial charge in [-0.2, -0.15) is 14.1 Å². The van der Waals surface area contributed by atoms with Gasteiger partial charge in [-0.15, -0.1) is 0 Å². The van der Waals surface area contributed by atoms with Gasteiger partial charge in [0.2, 0.25) is 15.8 Å². The van der Waals surface area contributed by atoms with Crippen molar-refractivity contribution in [3.05, 3.63) is 76.2 Å². The van der Waals surface area contributed by atoms with Crippen molar-refractivity contribution in [3.8, 4) is 11.4 Å². The quantitative estimate of drug-likeness (QED) is 0.434. The van der Waals surface area contributed by atoms with E-state index in [1.807, 2.05) is 4.90 Å². The van der Waals surface area contributed by atoms with E-state index < -0.39 is 27.2 Å². The maximum atomic E-state index is 13.8. The molecule has 9 nitrogen and oxygen atoms in total. The topological polar surface area (TPSA) is 111 Å². The number of anilines is 2. The highest BCUT2D eigenvalue weighted by atomic mass is 32.2. The Morgan fingerprint density at radius 3 is 2.37 bits per heavy atom. The fraction of sp³-hybridized carbons (Fsp3) is 0.385. The smallest absolute Gasteiger partial charge is 0.316 e. The predicted molar refractivity (Wildman–Crippen MR) is 140 cm³/mol. The summed E-state index contributed by atoms with van der Waals surface area (Å²) in [6, 6.07) is 9.54. The summed E-state index contributed by atoms with van der Waals surface area (Å²) in [4.78, 5) is 15.3. The maximum Gasteiger partial charge on any atom is 0.316 e. The molecule has 1 aliphatic carbocycles. The summed E-state index contributed by atoms with van der Waals surface area (Å²) in [5.41, 5.74) is 6.58. The molecule has 0 atom stereocenters. The second-order valence-corrected chi connectivity index (χ2v) is 12.2. The molecule has 12 heteroatoms. The van der Waals surface area contributed by atoms with Gasteiger partial charge in [0.1, 0.15) is 17.3 Å². The van der Waals surface area contributed by atoms with E-state index in [0.717, 1.165) is 29.7 Å². The summed E-state index contributed by atoms with van der Waals surface area (Å²) in [5.74, 6) is -1.80. The summed E-state index contributed by atoms with van der Waals surface area (Å²) >= 11 is 0. The Morgan fingerprint density at radius 1 is 1.05 bits per heavy atom. The van der Waals surface area contributed by atoms with Gasteiger partial charge in [-0.3, -0.25) is 4.79 Å². The van der Waals surface area contributed by atoms with Gasteiger partial charge in [-0.1, -0.05) is 19.1 Å². The van der Waals surface area contributed by atoms with Crippen LogP contribution >= 0.6 is 0 Å². The van der Waals surface area contributed by atoms with Crippen LogP contribution < -0.4 is 20.9 Å². The van der Waals surface area contributed by atoms with Crippen LogP contribution in [0.3, 0.4) is 0 Å². The zero-order valence-electron chi connectivity index (χ0n) is 20.9. The lowest BCUT2D eigenvalue weighted by molar-refractivity contribution is 0.242. The number of rotatable bonds is 8. The summed E-state index contributed by atoms with van der Waals surface area (Å²) in [6.45, 7) is 3.40. The van der Waals surface area contributed by atoms with Crippen molar-refractivity contribution in [2.45, 2.75) is 25.5 Å². The highest BCUT2D eigenvalue weighted by Crippen LogP contribution is 2.45. The van der Waals surface area contributed by atoms with Gasteiger partial charge in [0.25, 0.3) is 0 Å². The molecule has 38 heavy (non-hydrogen) atoms. The third-order valence-corrected chi connectivity index (χ3v) is 8.80. The third-order valence-electron chi connectivity index (χ3n) is 6.95. The Hall–Kier alpha value is -3.51. The van der Waals surface area contributed by atoms with Crippen molar-refractivity contribution in [3.63, 3.8) is 0 Å². The van der Waals surface area contributed by atoms with Crippen molar-refractivity contribution in [1.29, 1.82) is 0 Å². The van der Waals surface area contributed by atoms with E-state index in [2.05, 4.69) is 12.0 Å². The van der Waals surface area contributed by atoms with Crippen LogP contribution in [0, 0.1) is 17.0 Å². The van der Waals surface area contributed by atoms with Gasteiger partial charge in [0.15, 0.2) is 0 Å². The van der Waals surface area contributed by atoms with E-state index >= 15 is 0 Å². The molecule has 202 valence electrons. The summed E-state index contributed by atoms with van der Waals surface area (Å²) in [6.07, 6.45) is 3.37. The number of hydrogen-bond acceptors (Lipinski definition) is 7. The number of piperazine rings is 1. The molecule has 5 rings (SSSR count). The van der Waals surface area contributed by atoms with Crippen LogP contribution in [0.25, 0.3) is 5.69 Å². The number of nitrogen functional groups attached to an aromatic ring is 1. The fourth-order valence-corrected chi connectivity index (χ4v) is 5.93. The van der Waals surface area contributed by atoms with Crippen LogP contribution in [0.4, 0.5) is 20.2 Å². The molecule has 2 heterocycles. The van der Waals surface area contributed by atoms with Gasteiger partial charge in [0.05, 0.1) is 24.2 Å². The molecule has 0 spiro atoms. The van der Waals surface area contributed by atoms with Gasteiger partial charge in [-0.05, 0) is 42.7 Å². The number of halogens is 2. The molecule has 2 N–H and O–H groups in total. The number of hydrogen-bond donors (Lipinski definition) is 1. The van der Waals surface area contributed by atoms with E-state index in [4.69, 9.17) is 10.5 Å². The van der Waals surface area contributed by atoms with Crippen molar-refractivity contribution in [1.82, 2.24) is 14.1 Å². The first-order valence-corrected chi connectivity index (χ1v) is 13.9. The van der Waals surface area contributed by atoms with E-state index in [9.17, 15) is 22.0 Å². The molecule has 1 saturated heterocycles. The molecule has 3 aromatic rings. The Kier molecular flexibility index (Phi) is 6.86. The fourth-order valence-electron chi connectivity index (χ4n) is 4.43. The Balaban J connectivity index is 1.38. The van der Waals surface area contributed by atoms with Crippen molar-refractivity contribution in [2.24, 2.45) is 5.41 Å². The van der Waals surface area contributed by atoms with E-state index in [-0.39, 0.29) is 35.7 Å². The molecular formula is C26H29F2N5O4S. The second-order valence-electron chi connectivity index (χ2n) is 10.2. The third kappa shape index (κ3) is 5.65. The average molecular weight is 546 g/mol. The Morgan fingerprint density at radius 2 is 1.74 bits per heavy atom. The molecule has 1 aliphatic heterocycles. The molecule has 2 aliphatic rings. The zero-order chi connectivity index (χ0) is 27.1. The van der Waals surface area contributed by atoms with E-state index in [1.165, 1.54) is 10.5 Å². The number of ether oxygens (including phenoxy) is 1. The lowest BCUT2D eigenvalue weighted by Crippen LogP contribution is -2.49. The number of benzene rings is 2. The molecule has 1 saturated carbocycles. The van der Waals surface area contributed by atoms with Crippen molar-refractivity contribution >= 4 is 21.4 Å². The van der Waals surface area contributed by atoms with Crippen molar-refractivity contribution in [2.75, 3.05) is 43.4 Å². The monoisotopic (exact) mass is 545 g/mol. The van der Waals surface area contributed by atoms with Gasteiger partial charge in [0, 0.05) is 43.3 Å². The molecule has 1 aromatic heterocycles. The lowest BCUT2D eigenvalue weighted by atomic mass is 10.2. The number of sulfonamides is 1. The minimum absolute atomic E-state index is 0.0221. The lowest BCUT2D eigenvalue weighted by Gasteiger charge is -2.35. The molecular weight excluding hydrogens is 516 g/mol. The zero-order valence-corrected chi connectivity index (χ0v) is 21.8. The number of nitrogens with zero attached hydrogens (tertiary/aromatic N) is 4. The van der Waals surface area contributed by atoms with Crippen LogP contribution in [0.2, 0.25) is 0 Å². The second kappa shape index (κ2) is 9.99. The standard InChI is InChI=1S/C26H29F2N5O4S/c1-26(5-6-26)17-37-24-23(15-30-33(25(24)34)22-13-19(27)12-20(28)14-22)31-7-9-32(10-8-31)38(35,36)16-18-3-2-4-21(29)11-18/h2-4,11-15H,5-10,16-17,29H2,1H3. The molecule has 0 radical (unpaired) electrons. The SMILES string of the molecule is CC1(COc2c(N3CCN(S(=O)(=O)Cc4cccc(N)c4)CC3)cnn(-c3cc(F)cc(F)c3)c2=O)CC1. The van der Waals surface area contributed by atoms with Crippen LogP contribution in [0.5, 0.6) is 5.75 Å². The van der Waals surface area contributed by atoms with E-state index in [0.29, 0.717) is 42.7 Å². The largest absolute Gasteiger partial charge is 0.486 e. The first kappa shape index (κ1) is 26.1. The Bertz CT molecular complexity index is 1500. The summed E-state index contributed by atoms with van der Waals surface area (Å²) in [7, 11) is -3.58. The Labute approximate surface area is 219 Å². The average Bonchev–Trinajstić information content (AvgIpc) is 3.59. The summed E-state index contributed by atoms with van der Waals surface area (Å²) in [5, 5.41) is 4.16. The normalized spacial score (nSPS) is 17.4. The van der Waals surface area contributed by atoms with Crippen molar-refractivity contribution < 1.29 is 21.9 Å². The molecule has 2 fully saturated rings. The minimum Gasteiger partial charge on any atom is -0.486 e. The van der Waals surface area contributed by atoms with E-state index in [1.54, 1.807) is 24.3 Å². The first-order valence-electron chi connectivity index (χ1n) is 12.3. The van der Waals surface area contributed by atoms with Crippen LogP contribution in [-0.4, -0.2) is 55.3 Å². The van der Waals surface area contributed by atoms with Gasteiger partial charge in [-0.25, -0.2) is 17.2 Å². The van der Waals surface area contributed by atoms with Crippen LogP contribution in [0.1, 0.15) is 25.3 Å². The molecule has 2 aromatic carbocycles. The number of aromatic nitrogens is 2.